The summed E-state index contributed by atoms with van der Waals surface area (Å²) in [5.74, 6) is -0.697. The van der Waals surface area contributed by atoms with Gasteiger partial charge in [0.2, 0.25) is 0 Å². The van der Waals surface area contributed by atoms with Gasteiger partial charge >= 0.3 is 0 Å². The average Bonchev–Trinajstić information content (AvgIpc) is 3.27. The molecule has 4 fully saturated rings. The highest BCUT2D eigenvalue weighted by atomic mass is 16.8. The first-order valence-corrected chi connectivity index (χ1v) is 13.7. The van der Waals surface area contributed by atoms with Crippen LogP contribution in [0.3, 0.4) is 0 Å². The Morgan fingerprint density at radius 3 is 1.57 bits per heavy atom. The molecule has 1 saturated carbocycles. The Hall–Kier alpha value is -1.05. The molecule has 4 aliphatic rings. The molecular weight excluding hydrogens is 570 g/mol. The van der Waals surface area contributed by atoms with E-state index in [4.69, 9.17) is 57.1 Å². The fraction of sp³-hybridized carbons (Fsp3) is 0.957. The van der Waals surface area contributed by atoms with Gasteiger partial charge in [0.15, 0.2) is 24.7 Å². The minimum Gasteiger partial charge on any atom is -0.394 e. The fourth-order valence-corrected chi connectivity index (χ4v) is 5.54. The highest BCUT2D eigenvalue weighted by Crippen LogP contribution is 2.33. The number of aliphatic hydroxyl groups is 7. The molecule has 244 valence electrons. The molecule has 0 amide bonds. The van der Waals surface area contributed by atoms with Crippen LogP contribution in [0.25, 0.3) is 0 Å². The van der Waals surface area contributed by atoms with Gasteiger partial charge in [-0.2, -0.15) is 0 Å². The van der Waals surface area contributed by atoms with Crippen LogP contribution in [-0.2, 0) is 33.2 Å². The first kappa shape index (κ1) is 33.8. The quantitative estimate of drug-likeness (QED) is 0.115. The number of hydrogen-bond acceptors (Lipinski definition) is 19. The maximum atomic E-state index is 12.5. The molecule has 0 unspecified atom stereocenters. The molecule has 0 aromatic heterocycles. The van der Waals surface area contributed by atoms with Crippen molar-refractivity contribution >= 4 is 5.78 Å². The minimum atomic E-state index is -1.81. The lowest BCUT2D eigenvalue weighted by molar-refractivity contribution is -0.302. The van der Waals surface area contributed by atoms with Crippen molar-refractivity contribution in [2.24, 2.45) is 28.7 Å². The zero-order chi connectivity index (χ0) is 31.0. The zero-order valence-corrected chi connectivity index (χ0v) is 22.6. The maximum Gasteiger partial charge on any atom is 0.187 e. The predicted molar refractivity (Wildman–Crippen MR) is 135 cm³/mol. The van der Waals surface area contributed by atoms with Crippen molar-refractivity contribution in [2.75, 3.05) is 19.7 Å². The first-order chi connectivity index (χ1) is 19.8. The van der Waals surface area contributed by atoms with Crippen LogP contribution in [0.2, 0.25) is 0 Å². The molecule has 3 saturated heterocycles. The number of hydrogen-bond donors (Lipinski definition) is 12. The Bertz CT molecular complexity index is 908. The SMILES string of the molecule is NC[C@@H]1O[C@H](O[C@H]2[C@@H](O)[C@H](O[C@H]3[C@H](O[C@H]4O[C@H](CN)[C@@H](O)[C@H](O)[C@H]4N)[C@@H](N)CC(=O)[C@@H]3O)O[C@@H]2CO)[C@H](N)[C@@H](O)[C@@H]1O. The molecule has 17 N–H and O–H groups in total. The molecule has 18 atom stereocenters. The molecule has 0 aromatic carbocycles. The van der Waals surface area contributed by atoms with Crippen LogP contribution >= 0.6 is 0 Å². The average molecular weight is 614 g/mol. The van der Waals surface area contributed by atoms with Crippen molar-refractivity contribution in [1.82, 2.24) is 0 Å². The first-order valence-electron chi connectivity index (χ1n) is 13.7. The van der Waals surface area contributed by atoms with E-state index < -0.39 is 123 Å². The smallest absolute Gasteiger partial charge is 0.187 e. The number of aliphatic hydroxyl groups excluding tert-OH is 7. The second kappa shape index (κ2) is 13.9. The Balaban J connectivity index is 1.50. The molecule has 3 heterocycles. The van der Waals surface area contributed by atoms with E-state index in [-0.39, 0.29) is 19.5 Å². The normalized spacial score (nSPS) is 52.0. The summed E-state index contributed by atoms with van der Waals surface area (Å²) in [7, 11) is 0. The zero-order valence-electron chi connectivity index (χ0n) is 22.6. The summed E-state index contributed by atoms with van der Waals surface area (Å²) in [6.07, 6.45) is -21.5. The molecule has 4 rings (SSSR count). The minimum absolute atomic E-state index is 0.185. The third-order valence-corrected chi connectivity index (χ3v) is 8.13. The lowest BCUT2D eigenvalue weighted by atomic mass is 9.86. The number of ether oxygens (including phenoxy) is 6. The molecule has 0 bridgehead atoms. The largest absolute Gasteiger partial charge is 0.394 e. The predicted octanol–water partition coefficient (Wildman–Crippen LogP) is -8.65. The summed E-state index contributed by atoms with van der Waals surface area (Å²) >= 11 is 0. The molecule has 0 radical (unpaired) electrons. The Labute approximate surface area is 240 Å². The second-order valence-corrected chi connectivity index (χ2v) is 11.0. The van der Waals surface area contributed by atoms with E-state index >= 15 is 0 Å². The van der Waals surface area contributed by atoms with E-state index in [1.165, 1.54) is 0 Å². The van der Waals surface area contributed by atoms with Gasteiger partial charge in [0.1, 0.15) is 73.2 Å². The van der Waals surface area contributed by atoms with Gasteiger partial charge in [0.05, 0.1) is 18.7 Å². The Morgan fingerprint density at radius 1 is 0.643 bits per heavy atom. The number of nitrogens with two attached hydrogens (primary N) is 5. The van der Waals surface area contributed by atoms with Crippen LogP contribution in [-0.4, -0.2) is 171 Å². The van der Waals surface area contributed by atoms with Crippen molar-refractivity contribution in [3.8, 4) is 0 Å². The number of rotatable bonds is 9. The molecule has 42 heavy (non-hydrogen) atoms. The highest BCUT2D eigenvalue weighted by molar-refractivity contribution is 5.85. The summed E-state index contributed by atoms with van der Waals surface area (Å²) in [5.41, 5.74) is 29.3. The molecule has 19 nitrogen and oxygen atoms in total. The molecule has 1 aliphatic carbocycles. The van der Waals surface area contributed by atoms with Gasteiger partial charge in [-0.05, 0) is 0 Å². The molecule has 0 spiro atoms. The van der Waals surface area contributed by atoms with Gasteiger partial charge in [-0.25, -0.2) is 0 Å². The van der Waals surface area contributed by atoms with Crippen LogP contribution in [0.1, 0.15) is 6.42 Å². The van der Waals surface area contributed by atoms with E-state index in [1.54, 1.807) is 0 Å². The van der Waals surface area contributed by atoms with E-state index in [0.717, 1.165) is 0 Å². The molecule has 0 aromatic rings. The van der Waals surface area contributed by atoms with Gasteiger partial charge in [-0.15, -0.1) is 0 Å². The number of ketones is 1. The van der Waals surface area contributed by atoms with Crippen molar-refractivity contribution in [3.05, 3.63) is 0 Å². The van der Waals surface area contributed by atoms with Crippen LogP contribution in [0.15, 0.2) is 0 Å². The highest BCUT2D eigenvalue weighted by Gasteiger charge is 2.54. The third kappa shape index (κ3) is 6.49. The number of carbonyl (C=O) groups excluding carboxylic acids is 1. The van der Waals surface area contributed by atoms with Crippen LogP contribution in [0.5, 0.6) is 0 Å². The van der Waals surface area contributed by atoms with Gasteiger partial charge in [0.25, 0.3) is 0 Å². The van der Waals surface area contributed by atoms with Crippen molar-refractivity contribution in [2.45, 2.75) is 117 Å². The number of Topliss-reactive ketones (excluding diaryl/α,β-unsaturated/α-hetero) is 1. The van der Waals surface area contributed by atoms with Gasteiger partial charge in [0, 0.05) is 25.6 Å². The molecular formula is C23H43N5O14. The number of carbonyl (C=O) groups is 1. The van der Waals surface area contributed by atoms with Crippen molar-refractivity contribution in [3.63, 3.8) is 0 Å². The topological polar surface area (TPSA) is 344 Å². The molecule has 3 aliphatic heterocycles. The van der Waals surface area contributed by atoms with Gasteiger partial charge in [-0.3, -0.25) is 4.79 Å². The van der Waals surface area contributed by atoms with E-state index in [2.05, 4.69) is 0 Å². The van der Waals surface area contributed by atoms with Gasteiger partial charge < -0.3 is 92.8 Å². The lowest BCUT2D eigenvalue weighted by Crippen LogP contribution is -2.67. The summed E-state index contributed by atoms with van der Waals surface area (Å²) in [6, 6.07) is -3.62. The van der Waals surface area contributed by atoms with E-state index in [9.17, 15) is 40.5 Å². The van der Waals surface area contributed by atoms with Crippen LogP contribution in [0, 0.1) is 0 Å². The standard InChI is InChI=1S/C23H43N5O14/c24-2-7-13(32)15(34)10(27)21(37-7)40-18-5(26)1-6(30)12(31)20(18)42-23-17(36)19(9(4-29)39-23)41-22-11(28)16(35)14(33)8(3-25)38-22/h5,7-23,29,31-36H,1-4,24-28H2/t5-,7+,8-,9+,10+,11+,12-,13+,14+,15+,16+,17+,18+,19+,20+,21+,22+,23-/m0/s1. The summed E-state index contributed by atoms with van der Waals surface area (Å²) in [5, 5.41) is 72.6. The van der Waals surface area contributed by atoms with Crippen LogP contribution in [0.4, 0.5) is 0 Å². The Morgan fingerprint density at radius 2 is 1.10 bits per heavy atom. The van der Waals surface area contributed by atoms with E-state index in [0.29, 0.717) is 0 Å². The summed E-state index contributed by atoms with van der Waals surface area (Å²) in [6.45, 7) is -1.06. The molecule has 19 heteroatoms. The summed E-state index contributed by atoms with van der Waals surface area (Å²) in [4.78, 5) is 12.5. The van der Waals surface area contributed by atoms with Crippen molar-refractivity contribution in [1.29, 1.82) is 0 Å². The lowest BCUT2D eigenvalue weighted by Gasteiger charge is -2.45. The maximum absolute atomic E-state index is 12.5. The van der Waals surface area contributed by atoms with Crippen molar-refractivity contribution < 1.29 is 69.0 Å². The monoisotopic (exact) mass is 613 g/mol. The summed E-state index contributed by atoms with van der Waals surface area (Å²) < 4.78 is 34.2. The van der Waals surface area contributed by atoms with E-state index in [1.807, 2.05) is 0 Å². The fourth-order valence-electron chi connectivity index (χ4n) is 5.54. The van der Waals surface area contributed by atoms with Gasteiger partial charge in [-0.1, -0.05) is 0 Å². The second-order valence-electron chi connectivity index (χ2n) is 11.0. The third-order valence-electron chi connectivity index (χ3n) is 8.13. The Kier molecular flexibility index (Phi) is 11.2. The van der Waals surface area contributed by atoms with Crippen LogP contribution < -0.4 is 28.7 Å².